The Kier molecular flexibility index (Phi) is 5.08. The van der Waals surface area contributed by atoms with Gasteiger partial charge >= 0.3 is 12.1 Å². The number of hydrogen-bond acceptors (Lipinski definition) is 6. The molecule has 1 aliphatic rings. The van der Waals surface area contributed by atoms with E-state index >= 15 is 0 Å². The number of pyridine rings is 1. The van der Waals surface area contributed by atoms with Gasteiger partial charge in [-0.25, -0.2) is 9.59 Å². The largest absolute Gasteiger partial charge is 0.488 e. The van der Waals surface area contributed by atoms with Gasteiger partial charge in [-0.05, 0) is 32.9 Å². The minimum Gasteiger partial charge on any atom is -0.488 e. The average Bonchev–Trinajstić information content (AvgIpc) is 2.90. The Bertz CT molecular complexity index is 555. The third kappa shape index (κ3) is 4.58. The van der Waals surface area contributed by atoms with Crippen molar-refractivity contribution in [3.05, 3.63) is 24.5 Å². The third-order valence-electron chi connectivity index (χ3n) is 3.32. The van der Waals surface area contributed by atoms with Crippen molar-refractivity contribution in [1.82, 2.24) is 9.88 Å². The number of hydrogen-bond donors (Lipinski definition) is 0. The van der Waals surface area contributed by atoms with Crippen molar-refractivity contribution in [3.8, 4) is 5.75 Å². The fourth-order valence-electron chi connectivity index (χ4n) is 2.37. The molecule has 126 valence electrons. The molecular weight excluding hydrogens is 300 g/mol. The summed E-state index contributed by atoms with van der Waals surface area (Å²) in [5, 5.41) is 0. The first kappa shape index (κ1) is 17.1. The number of aromatic nitrogens is 1. The Balaban J connectivity index is 2.09. The number of ether oxygens (including phenoxy) is 3. The van der Waals surface area contributed by atoms with Gasteiger partial charge in [0.2, 0.25) is 0 Å². The lowest BCUT2D eigenvalue weighted by Crippen LogP contribution is -2.44. The number of carbonyl (C=O) groups is 2. The molecule has 7 heteroatoms. The van der Waals surface area contributed by atoms with Crippen LogP contribution in [0.2, 0.25) is 0 Å². The zero-order valence-electron chi connectivity index (χ0n) is 13.8. The van der Waals surface area contributed by atoms with Gasteiger partial charge < -0.3 is 14.2 Å². The van der Waals surface area contributed by atoms with Crippen molar-refractivity contribution in [1.29, 1.82) is 0 Å². The quantitative estimate of drug-likeness (QED) is 0.792. The summed E-state index contributed by atoms with van der Waals surface area (Å²) in [5.74, 6) is 0.163. The highest BCUT2D eigenvalue weighted by molar-refractivity contribution is 5.82. The Morgan fingerprint density at radius 3 is 2.48 bits per heavy atom. The van der Waals surface area contributed by atoms with E-state index in [1.165, 1.54) is 12.0 Å². The van der Waals surface area contributed by atoms with Gasteiger partial charge in [0.15, 0.2) is 0 Å². The normalized spacial score (nSPS) is 21.0. The van der Waals surface area contributed by atoms with Crippen LogP contribution in [0.1, 0.15) is 27.2 Å². The number of rotatable bonds is 3. The first-order valence-electron chi connectivity index (χ1n) is 7.44. The van der Waals surface area contributed by atoms with Crippen LogP contribution in [0.5, 0.6) is 5.75 Å². The number of nitrogens with zero attached hydrogens (tertiary/aromatic N) is 2. The molecule has 0 unspecified atom stereocenters. The first-order chi connectivity index (χ1) is 10.8. The Morgan fingerprint density at radius 2 is 1.91 bits per heavy atom. The minimum absolute atomic E-state index is 0.261. The Hall–Kier alpha value is -2.31. The standard InChI is InChI=1S/C16H22N2O5/c1-16(2,3)23-15(20)18-10-12(9-13(18)14(19)21-4)22-11-5-7-17-8-6-11/h5-8,12-13H,9-10H2,1-4H3/t12-,13+/m1/s1. The van der Waals surface area contributed by atoms with Crippen LogP contribution < -0.4 is 4.74 Å². The van der Waals surface area contributed by atoms with E-state index < -0.39 is 23.7 Å². The molecule has 1 aliphatic heterocycles. The second-order valence-corrected chi connectivity index (χ2v) is 6.33. The highest BCUT2D eigenvalue weighted by Gasteiger charge is 2.43. The molecule has 0 aromatic carbocycles. The fourth-order valence-corrected chi connectivity index (χ4v) is 2.37. The molecule has 2 rings (SSSR count). The molecule has 2 atom stereocenters. The van der Waals surface area contributed by atoms with Crippen molar-refractivity contribution in [2.45, 2.75) is 44.9 Å². The summed E-state index contributed by atoms with van der Waals surface area (Å²) in [5.41, 5.74) is -0.637. The molecule has 0 aliphatic carbocycles. The summed E-state index contributed by atoms with van der Waals surface area (Å²) < 4.78 is 16.0. The van der Waals surface area contributed by atoms with E-state index in [9.17, 15) is 9.59 Å². The lowest BCUT2D eigenvalue weighted by Gasteiger charge is -2.27. The van der Waals surface area contributed by atoms with Crippen LogP contribution in [0, 0.1) is 0 Å². The van der Waals surface area contributed by atoms with Crippen LogP contribution in [0.4, 0.5) is 4.79 Å². The van der Waals surface area contributed by atoms with Crippen LogP contribution in [-0.4, -0.2) is 53.3 Å². The molecule has 1 aromatic rings. The van der Waals surface area contributed by atoms with Gasteiger partial charge in [0, 0.05) is 18.8 Å². The second kappa shape index (κ2) is 6.85. The number of amides is 1. The molecule has 0 bridgehead atoms. The van der Waals surface area contributed by atoms with Crippen LogP contribution in [-0.2, 0) is 14.3 Å². The maximum atomic E-state index is 12.3. The first-order valence-corrected chi connectivity index (χ1v) is 7.44. The number of methoxy groups -OCH3 is 1. The molecule has 7 nitrogen and oxygen atoms in total. The monoisotopic (exact) mass is 322 g/mol. The highest BCUT2D eigenvalue weighted by atomic mass is 16.6. The molecule has 1 fully saturated rings. The molecule has 0 saturated carbocycles. The van der Waals surface area contributed by atoms with Crippen LogP contribution in [0.3, 0.4) is 0 Å². The third-order valence-corrected chi connectivity index (χ3v) is 3.32. The summed E-state index contributed by atoms with van der Waals surface area (Å²) in [7, 11) is 1.30. The van der Waals surface area contributed by atoms with Gasteiger partial charge in [0.1, 0.15) is 23.5 Å². The van der Waals surface area contributed by atoms with Crippen LogP contribution >= 0.6 is 0 Å². The predicted molar refractivity (Wildman–Crippen MR) is 82.0 cm³/mol. The van der Waals surface area contributed by atoms with Crippen LogP contribution in [0.15, 0.2) is 24.5 Å². The van der Waals surface area contributed by atoms with E-state index in [1.54, 1.807) is 45.3 Å². The second-order valence-electron chi connectivity index (χ2n) is 6.33. The molecule has 0 spiro atoms. The summed E-state index contributed by atoms with van der Waals surface area (Å²) in [6, 6.07) is 2.74. The maximum absolute atomic E-state index is 12.3. The lowest BCUT2D eigenvalue weighted by atomic mass is 10.2. The van der Waals surface area contributed by atoms with E-state index in [0.717, 1.165) is 0 Å². The van der Waals surface area contributed by atoms with Crippen LogP contribution in [0.25, 0.3) is 0 Å². The van der Waals surface area contributed by atoms with Gasteiger partial charge in [-0.1, -0.05) is 0 Å². The van der Waals surface area contributed by atoms with Crippen molar-refractivity contribution < 1.29 is 23.8 Å². The zero-order chi connectivity index (χ0) is 17.0. The van der Waals surface area contributed by atoms with E-state index in [-0.39, 0.29) is 12.6 Å². The topological polar surface area (TPSA) is 78.0 Å². The van der Waals surface area contributed by atoms with Gasteiger partial charge in [0.25, 0.3) is 0 Å². The molecule has 1 aromatic heterocycles. The minimum atomic E-state index is -0.707. The smallest absolute Gasteiger partial charge is 0.411 e. The highest BCUT2D eigenvalue weighted by Crippen LogP contribution is 2.25. The maximum Gasteiger partial charge on any atom is 0.411 e. The van der Waals surface area contributed by atoms with Crippen molar-refractivity contribution in [2.75, 3.05) is 13.7 Å². The number of esters is 1. The number of carbonyl (C=O) groups excluding carboxylic acids is 2. The molecule has 2 heterocycles. The summed E-state index contributed by atoms with van der Waals surface area (Å²) >= 11 is 0. The SMILES string of the molecule is COC(=O)[C@@H]1C[C@@H](Oc2ccncc2)CN1C(=O)OC(C)(C)C. The predicted octanol–water partition coefficient (Wildman–Crippen LogP) is 2.01. The summed E-state index contributed by atoms with van der Waals surface area (Å²) in [4.78, 5) is 29.6. The zero-order valence-corrected chi connectivity index (χ0v) is 13.8. The lowest BCUT2D eigenvalue weighted by molar-refractivity contribution is -0.145. The summed E-state index contributed by atoms with van der Waals surface area (Å²) in [6.07, 6.45) is 2.73. The van der Waals surface area contributed by atoms with E-state index in [4.69, 9.17) is 14.2 Å². The van der Waals surface area contributed by atoms with E-state index in [1.807, 2.05) is 0 Å². The van der Waals surface area contributed by atoms with Crippen molar-refractivity contribution in [2.24, 2.45) is 0 Å². The molecule has 23 heavy (non-hydrogen) atoms. The van der Waals surface area contributed by atoms with Gasteiger partial charge in [0.05, 0.1) is 13.7 Å². The van der Waals surface area contributed by atoms with Gasteiger partial charge in [-0.3, -0.25) is 9.88 Å². The number of likely N-dealkylation sites (tertiary alicyclic amines) is 1. The Labute approximate surface area is 135 Å². The average molecular weight is 322 g/mol. The molecular formula is C16H22N2O5. The molecule has 0 radical (unpaired) electrons. The van der Waals surface area contributed by atoms with Crippen molar-refractivity contribution in [3.63, 3.8) is 0 Å². The molecule has 1 saturated heterocycles. The van der Waals surface area contributed by atoms with E-state index in [0.29, 0.717) is 12.2 Å². The van der Waals surface area contributed by atoms with Gasteiger partial charge in [-0.15, -0.1) is 0 Å². The molecule has 0 N–H and O–H groups in total. The Morgan fingerprint density at radius 1 is 1.26 bits per heavy atom. The van der Waals surface area contributed by atoms with Crippen molar-refractivity contribution >= 4 is 12.1 Å². The fraction of sp³-hybridized carbons (Fsp3) is 0.562. The summed E-state index contributed by atoms with van der Waals surface area (Å²) in [6.45, 7) is 5.59. The van der Waals surface area contributed by atoms with E-state index in [2.05, 4.69) is 4.98 Å². The molecule has 1 amide bonds. The van der Waals surface area contributed by atoms with Gasteiger partial charge in [-0.2, -0.15) is 0 Å².